The van der Waals surface area contributed by atoms with Gasteiger partial charge in [0.25, 0.3) is 0 Å². The first-order valence-electron chi connectivity index (χ1n) is 6.77. The molecule has 1 aliphatic rings. The second kappa shape index (κ2) is 5.72. The van der Waals surface area contributed by atoms with Gasteiger partial charge in [-0.05, 0) is 43.5 Å². The molecular weight excluding hydrogens is 224 g/mol. The third-order valence-corrected chi connectivity index (χ3v) is 3.86. The summed E-state index contributed by atoms with van der Waals surface area (Å²) in [5.41, 5.74) is 3.99. The molecule has 2 N–H and O–H groups in total. The van der Waals surface area contributed by atoms with Gasteiger partial charge in [-0.2, -0.15) is 0 Å². The van der Waals surface area contributed by atoms with Crippen LogP contribution in [0.5, 0.6) is 0 Å². The van der Waals surface area contributed by atoms with Crippen molar-refractivity contribution in [2.45, 2.75) is 26.8 Å². The second-order valence-electron chi connectivity index (χ2n) is 5.52. The van der Waals surface area contributed by atoms with Gasteiger partial charge in [-0.15, -0.1) is 0 Å². The summed E-state index contributed by atoms with van der Waals surface area (Å²) in [5, 5.41) is 12.8. The Morgan fingerprint density at radius 3 is 2.83 bits per heavy atom. The van der Waals surface area contributed by atoms with Gasteiger partial charge >= 0.3 is 0 Å². The first-order chi connectivity index (χ1) is 8.61. The van der Waals surface area contributed by atoms with Crippen LogP contribution in [0.25, 0.3) is 0 Å². The lowest BCUT2D eigenvalue weighted by Gasteiger charge is -2.28. The smallest absolute Gasteiger partial charge is 0.0601 e. The van der Waals surface area contributed by atoms with Crippen LogP contribution in [0.15, 0.2) is 18.2 Å². The number of anilines is 1. The normalized spacial score (nSPS) is 25.0. The Balaban J connectivity index is 2.26. The van der Waals surface area contributed by atoms with E-state index < -0.39 is 0 Å². The molecule has 2 rings (SSSR count). The van der Waals surface area contributed by atoms with Gasteiger partial charge in [0.15, 0.2) is 0 Å². The highest BCUT2D eigenvalue weighted by molar-refractivity contribution is 5.56. The Morgan fingerprint density at radius 2 is 2.11 bits per heavy atom. The third-order valence-electron chi connectivity index (χ3n) is 3.86. The molecule has 0 radical (unpaired) electrons. The van der Waals surface area contributed by atoms with E-state index in [4.69, 9.17) is 0 Å². The molecule has 1 aromatic carbocycles. The molecule has 100 valence electrons. The summed E-state index contributed by atoms with van der Waals surface area (Å²) in [5.74, 6) is 0.599. The summed E-state index contributed by atoms with van der Waals surface area (Å²) in [6.07, 6.45) is 0. The maximum Gasteiger partial charge on any atom is 0.0601 e. The van der Waals surface area contributed by atoms with E-state index in [0.29, 0.717) is 5.92 Å². The number of nitrogens with one attached hydrogen (secondary N) is 1. The van der Waals surface area contributed by atoms with Crippen molar-refractivity contribution in [3.05, 3.63) is 29.3 Å². The Hall–Kier alpha value is -1.06. The van der Waals surface area contributed by atoms with E-state index in [-0.39, 0.29) is 12.6 Å². The van der Waals surface area contributed by atoms with Crippen molar-refractivity contribution >= 4 is 5.69 Å². The van der Waals surface area contributed by atoms with Gasteiger partial charge in [-0.25, -0.2) is 0 Å². The van der Waals surface area contributed by atoms with E-state index in [0.717, 1.165) is 19.6 Å². The lowest BCUT2D eigenvalue weighted by Crippen LogP contribution is -2.40. The highest BCUT2D eigenvalue weighted by Gasteiger charge is 2.22. The Kier molecular flexibility index (Phi) is 4.25. The summed E-state index contributed by atoms with van der Waals surface area (Å²) in [6.45, 7) is 9.70. The molecule has 18 heavy (non-hydrogen) atoms. The molecule has 0 aromatic heterocycles. The van der Waals surface area contributed by atoms with E-state index in [1.165, 1.54) is 16.8 Å². The summed E-state index contributed by atoms with van der Waals surface area (Å²) >= 11 is 0. The topological polar surface area (TPSA) is 35.5 Å². The molecular formula is C15H24N2O. The third kappa shape index (κ3) is 2.85. The molecule has 3 heteroatoms. The lowest BCUT2D eigenvalue weighted by molar-refractivity contribution is 0.247. The number of nitrogens with zero attached hydrogens (tertiary/aromatic N) is 1. The summed E-state index contributed by atoms with van der Waals surface area (Å²) in [7, 11) is 0. The van der Waals surface area contributed by atoms with Gasteiger partial charge in [0.2, 0.25) is 0 Å². The van der Waals surface area contributed by atoms with Crippen LogP contribution in [0, 0.1) is 19.8 Å². The maximum atomic E-state index is 9.40. The molecule has 0 aliphatic carbocycles. The number of rotatable bonds is 2. The molecule has 1 aliphatic heterocycles. The second-order valence-corrected chi connectivity index (χ2v) is 5.52. The van der Waals surface area contributed by atoms with Crippen LogP contribution in [0.1, 0.15) is 18.1 Å². The van der Waals surface area contributed by atoms with E-state index in [9.17, 15) is 5.11 Å². The van der Waals surface area contributed by atoms with Crippen molar-refractivity contribution in [3.8, 4) is 0 Å². The van der Waals surface area contributed by atoms with Gasteiger partial charge in [-0.3, -0.25) is 0 Å². The average Bonchev–Trinajstić information content (AvgIpc) is 2.54. The Labute approximate surface area is 110 Å². The predicted octanol–water partition coefficient (Wildman–Crippen LogP) is 1.71. The van der Waals surface area contributed by atoms with Gasteiger partial charge in [-0.1, -0.05) is 19.1 Å². The fourth-order valence-corrected chi connectivity index (χ4v) is 2.61. The van der Waals surface area contributed by atoms with Crippen molar-refractivity contribution in [2.75, 3.05) is 31.1 Å². The van der Waals surface area contributed by atoms with Gasteiger partial charge in [0, 0.05) is 24.8 Å². The van der Waals surface area contributed by atoms with Gasteiger partial charge in [0.1, 0.15) is 0 Å². The van der Waals surface area contributed by atoms with Crippen LogP contribution in [0.2, 0.25) is 0 Å². The quantitative estimate of drug-likeness (QED) is 0.836. The SMILES string of the molecule is Cc1cccc(N2CC(C)CNC(CO)C2)c1C. The Bertz CT molecular complexity index is 405. The average molecular weight is 248 g/mol. The van der Waals surface area contributed by atoms with Crippen molar-refractivity contribution in [1.29, 1.82) is 0 Å². The van der Waals surface area contributed by atoms with Crippen LogP contribution in [-0.4, -0.2) is 37.4 Å². The van der Waals surface area contributed by atoms with E-state index >= 15 is 0 Å². The molecule has 1 heterocycles. The van der Waals surface area contributed by atoms with Crippen LogP contribution >= 0.6 is 0 Å². The zero-order valence-electron chi connectivity index (χ0n) is 11.6. The zero-order chi connectivity index (χ0) is 13.1. The van der Waals surface area contributed by atoms with E-state index in [1.54, 1.807) is 0 Å². The molecule has 0 amide bonds. The van der Waals surface area contributed by atoms with Crippen molar-refractivity contribution in [1.82, 2.24) is 5.32 Å². The standard InChI is InChI=1S/C15H24N2O/c1-11-7-16-14(10-18)9-17(8-11)15-6-4-5-12(2)13(15)3/h4-6,11,14,16,18H,7-10H2,1-3H3. The minimum Gasteiger partial charge on any atom is -0.395 e. The number of benzene rings is 1. The molecule has 1 saturated heterocycles. The van der Waals surface area contributed by atoms with Crippen molar-refractivity contribution in [2.24, 2.45) is 5.92 Å². The van der Waals surface area contributed by atoms with Gasteiger partial charge in [0.05, 0.1) is 6.61 Å². The molecule has 0 bridgehead atoms. The van der Waals surface area contributed by atoms with Crippen LogP contribution in [0.4, 0.5) is 5.69 Å². The monoisotopic (exact) mass is 248 g/mol. The maximum absolute atomic E-state index is 9.40. The molecule has 0 saturated carbocycles. The van der Waals surface area contributed by atoms with E-state index in [1.807, 2.05) is 0 Å². The number of aryl methyl sites for hydroxylation is 1. The zero-order valence-corrected chi connectivity index (χ0v) is 11.6. The highest BCUT2D eigenvalue weighted by atomic mass is 16.3. The van der Waals surface area contributed by atoms with Crippen molar-refractivity contribution in [3.63, 3.8) is 0 Å². The highest BCUT2D eigenvalue weighted by Crippen LogP contribution is 2.24. The van der Waals surface area contributed by atoms with Crippen molar-refractivity contribution < 1.29 is 5.11 Å². The number of aliphatic hydroxyl groups excluding tert-OH is 1. The fraction of sp³-hybridized carbons (Fsp3) is 0.600. The molecule has 2 unspecified atom stereocenters. The summed E-state index contributed by atoms with van der Waals surface area (Å²) in [6, 6.07) is 6.64. The number of aliphatic hydroxyl groups is 1. The number of hydrogen-bond donors (Lipinski definition) is 2. The fourth-order valence-electron chi connectivity index (χ4n) is 2.61. The summed E-state index contributed by atoms with van der Waals surface area (Å²) in [4.78, 5) is 2.41. The van der Waals surface area contributed by atoms with Crippen LogP contribution < -0.4 is 10.2 Å². The Morgan fingerprint density at radius 1 is 1.33 bits per heavy atom. The van der Waals surface area contributed by atoms with Gasteiger partial charge < -0.3 is 15.3 Å². The van der Waals surface area contributed by atoms with Crippen LogP contribution in [0.3, 0.4) is 0 Å². The lowest BCUT2D eigenvalue weighted by atomic mass is 10.1. The number of hydrogen-bond acceptors (Lipinski definition) is 3. The summed E-state index contributed by atoms with van der Waals surface area (Å²) < 4.78 is 0. The minimum atomic E-state index is 0.176. The first-order valence-corrected chi connectivity index (χ1v) is 6.77. The molecule has 1 aromatic rings. The largest absolute Gasteiger partial charge is 0.395 e. The molecule has 2 atom stereocenters. The molecule has 3 nitrogen and oxygen atoms in total. The molecule has 0 spiro atoms. The predicted molar refractivity (Wildman–Crippen MR) is 76.2 cm³/mol. The first kappa shape index (κ1) is 13.4. The van der Waals surface area contributed by atoms with Crippen LogP contribution in [-0.2, 0) is 0 Å². The molecule has 1 fully saturated rings. The minimum absolute atomic E-state index is 0.176. The van der Waals surface area contributed by atoms with E-state index in [2.05, 4.69) is 49.2 Å².